The number of aromatic nitrogens is 2. The number of nitrogens with two attached hydrogens (primary N) is 1. The van der Waals surface area contributed by atoms with Gasteiger partial charge in [-0.3, -0.25) is 9.89 Å². The maximum absolute atomic E-state index is 11.7. The van der Waals surface area contributed by atoms with E-state index in [-0.39, 0.29) is 11.9 Å². The summed E-state index contributed by atoms with van der Waals surface area (Å²) in [7, 11) is 0. The smallest absolute Gasteiger partial charge is 0.269 e. The van der Waals surface area contributed by atoms with Crippen LogP contribution in [0, 0.1) is 5.92 Å². The fourth-order valence-corrected chi connectivity index (χ4v) is 1.66. The third kappa shape index (κ3) is 4.89. The van der Waals surface area contributed by atoms with Crippen LogP contribution < -0.4 is 11.1 Å². The summed E-state index contributed by atoms with van der Waals surface area (Å²) in [5.74, 6) is 0.902. The molecular formula is C12H22N4O. The van der Waals surface area contributed by atoms with Crippen molar-refractivity contribution in [1.82, 2.24) is 15.5 Å². The van der Waals surface area contributed by atoms with Crippen molar-refractivity contribution in [3.63, 3.8) is 0 Å². The molecule has 1 aromatic heterocycles. The third-order valence-electron chi connectivity index (χ3n) is 2.64. The van der Waals surface area contributed by atoms with Crippen LogP contribution in [0.3, 0.4) is 0 Å². The number of H-pyrrole nitrogens is 1. The van der Waals surface area contributed by atoms with Crippen molar-refractivity contribution in [3.05, 3.63) is 11.8 Å². The molecule has 0 aromatic carbocycles. The van der Waals surface area contributed by atoms with E-state index in [2.05, 4.69) is 29.4 Å². The summed E-state index contributed by atoms with van der Waals surface area (Å²) in [4.78, 5) is 11.7. The van der Waals surface area contributed by atoms with E-state index in [9.17, 15) is 4.79 Å². The lowest BCUT2D eigenvalue weighted by Crippen LogP contribution is -2.32. The van der Waals surface area contributed by atoms with Gasteiger partial charge in [0.05, 0.1) is 0 Å². The van der Waals surface area contributed by atoms with Crippen molar-refractivity contribution in [2.24, 2.45) is 5.92 Å². The van der Waals surface area contributed by atoms with Crippen molar-refractivity contribution in [3.8, 4) is 0 Å². The number of amides is 1. The van der Waals surface area contributed by atoms with Gasteiger partial charge in [0.25, 0.3) is 5.91 Å². The minimum atomic E-state index is -0.147. The molecule has 0 aliphatic heterocycles. The summed E-state index contributed by atoms with van der Waals surface area (Å²) in [6.45, 7) is 6.42. The highest BCUT2D eigenvalue weighted by molar-refractivity contribution is 5.93. The van der Waals surface area contributed by atoms with Gasteiger partial charge in [-0.15, -0.1) is 0 Å². The van der Waals surface area contributed by atoms with Crippen LogP contribution in [-0.4, -0.2) is 22.1 Å². The van der Waals surface area contributed by atoms with Crippen LogP contribution in [0.5, 0.6) is 0 Å². The highest BCUT2D eigenvalue weighted by Gasteiger charge is 2.11. The van der Waals surface area contributed by atoms with Gasteiger partial charge >= 0.3 is 0 Å². The minimum absolute atomic E-state index is 0.147. The summed E-state index contributed by atoms with van der Waals surface area (Å²) in [6.07, 6.45) is 3.31. The SMILES string of the molecule is CC(C)CCCC(C)NC(=O)c1cc(N)n[nH]1. The van der Waals surface area contributed by atoms with Crippen molar-refractivity contribution in [1.29, 1.82) is 0 Å². The predicted molar refractivity (Wildman–Crippen MR) is 68.6 cm³/mol. The molecule has 1 aromatic rings. The van der Waals surface area contributed by atoms with E-state index < -0.39 is 0 Å². The van der Waals surface area contributed by atoms with E-state index in [0.29, 0.717) is 17.4 Å². The van der Waals surface area contributed by atoms with Crippen molar-refractivity contribution < 1.29 is 4.79 Å². The van der Waals surface area contributed by atoms with Crippen LogP contribution in [0.4, 0.5) is 5.82 Å². The van der Waals surface area contributed by atoms with Gasteiger partial charge in [-0.1, -0.05) is 26.7 Å². The van der Waals surface area contributed by atoms with Gasteiger partial charge in [-0.05, 0) is 19.3 Å². The molecule has 0 radical (unpaired) electrons. The highest BCUT2D eigenvalue weighted by atomic mass is 16.2. The molecule has 96 valence electrons. The van der Waals surface area contributed by atoms with Crippen LogP contribution in [0.15, 0.2) is 6.07 Å². The summed E-state index contributed by atoms with van der Waals surface area (Å²) in [5, 5.41) is 9.24. The second kappa shape index (κ2) is 6.27. The molecule has 1 amide bonds. The zero-order chi connectivity index (χ0) is 12.8. The zero-order valence-electron chi connectivity index (χ0n) is 10.8. The van der Waals surface area contributed by atoms with Gasteiger partial charge in [0.2, 0.25) is 0 Å². The summed E-state index contributed by atoms with van der Waals surface area (Å²) < 4.78 is 0. The standard InChI is InChI=1S/C12H22N4O/c1-8(2)5-4-6-9(3)14-12(17)10-7-11(13)16-15-10/h7-9H,4-6H2,1-3H3,(H,14,17)(H3,13,15,16). The summed E-state index contributed by atoms with van der Waals surface area (Å²) >= 11 is 0. The maximum atomic E-state index is 11.7. The van der Waals surface area contributed by atoms with E-state index >= 15 is 0 Å². The Labute approximate surface area is 102 Å². The Morgan fingerprint density at radius 2 is 2.18 bits per heavy atom. The lowest BCUT2D eigenvalue weighted by molar-refractivity contribution is 0.0932. The van der Waals surface area contributed by atoms with E-state index in [1.54, 1.807) is 0 Å². The van der Waals surface area contributed by atoms with Crippen LogP contribution in [0.2, 0.25) is 0 Å². The minimum Gasteiger partial charge on any atom is -0.382 e. The zero-order valence-corrected chi connectivity index (χ0v) is 10.8. The Balaban J connectivity index is 2.31. The molecule has 5 nitrogen and oxygen atoms in total. The first-order valence-electron chi connectivity index (χ1n) is 6.10. The number of aromatic amines is 1. The predicted octanol–water partition coefficient (Wildman–Crippen LogP) is 1.94. The Hall–Kier alpha value is -1.52. The molecule has 0 fully saturated rings. The fourth-order valence-electron chi connectivity index (χ4n) is 1.66. The fraction of sp³-hybridized carbons (Fsp3) is 0.667. The third-order valence-corrected chi connectivity index (χ3v) is 2.64. The monoisotopic (exact) mass is 238 g/mol. The summed E-state index contributed by atoms with van der Waals surface area (Å²) in [6, 6.07) is 1.71. The van der Waals surface area contributed by atoms with Crippen molar-refractivity contribution in [2.45, 2.75) is 46.1 Å². The molecule has 5 heteroatoms. The molecule has 0 bridgehead atoms. The lowest BCUT2D eigenvalue weighted by atomic mass is 10.0. The molecule has 1 unspecified atom stereocenters. The lowest BCUT2D eigenvalue weighted by Gasteiger charge is -2.13. The van der Waals surface area contributed by atoms with E-state index in [1.807, 2.05) is 6.92 Å². The van der Waals surface area contributed by atoms with Gasteiger partial charge in [-0.25, -0.2) is 0 Å². The molecule has 4 N–H and O–H groups in total. The largest absolute Gasteiger partial charge is 0.382 e. The topological polar surface area (TPSA) is 83.8 Å². The van der Waals surface area contributed by atoms with Gasteiger partial charge in [-0.2, -0.15) is 5.10 Å². The molecule has 1 rings (SSSR count). The average Bonchev–Trinajstić information content (AvgIpc) is 2.64. The van der Waals surface area contributed by atoms with Crippen LogP contribution >= 0.6 is 0 Å². The molecule has 1 atom stereocenters. The van der Waals surface area contributed by atoms with Crippen LogP contribution in [-0.2, 0) is 0 Å². The van der Waals surface area contributed by atoms with E-state index in [1.165, 1.54) is 12.5 Å². The summed E-state index contributed by atoms with van der Waals surface area (Å²) in [5.41, 5.74) is 5.85. The Bertz CT molecular complexity index is 359. The number of hydrogen-bond acceptors (Lipinski definition) is 3. The molecule has 0 spiro atoms. The number of carbonyl (C=O) groups excluding carboxylic acids is 1. The quantitative estimate of drug-likeness (QED) is 0.708. The van der Waals surface area contributed by atoms with Gasteiger partial charge in [0.15, 0.2) is 0 Å². The Morgan fingerprint density at radius 1 is 1.47 bits per heavy atom. The number of rotatable bonds is 6. The molecular weight excluding hydrogens is 216 g/mol. The number of nitrogens with zero attached hydrogens (tertiary/aromatic N) is 1. The van der Waals surface area contributed by atoms with Gasteiger partial charge < -0.3 is 11.1 Å². The molecule has 0 aliphatic rings. The number of carbonyl (C=O) groups is 1. The molecule has 1 heterocycles. The number of hydrogen-bond donors (Lipinski definition) is 3. The van der Waals surface area contributed by atoms with Crippen LogP contribution in [0.1, 0.15) is 50.5 Å². The maximum Gasteiger partial charge on any atom is 0.269 e. The molecule has 17 heavy (non-hydrogen) atoms. The molecule has 0 aliphatic carbocycles. The first-order valence-corrected chi connectivity index (χ1v) is 6.10. The first-order chi connectivity index (χ1) is 7.99. The van der Waals surface area contributed by atoms with Gasteiger partial charge in [0.1, 0.15) is 11.5 Å². The Morgan fingerprint density at radius 3 is 2.71 bits per heavy atom. The average molecular weight is 238 g/mol. The first kappa shape index (κ1) is 13.5. The molecule has 0 saturated heterocycles. The highest BCUT2D eigenvalue weighted by Crippen LogP contribution is 2.09. The van der Waals surface area contributed by atoms with E-state index in [0.717, 1.165) is 12.8 Å². The van der Waals surface area contributed by atoms with Crippen LogP contribution in [0.25, 0.3) is 0 Å². The number of anilines is 1. The second-order valence-electron chi connectivity index (χ2n) is 4.91. The molecule has 0 saturated carbocycles. The van der Waals surface area contributed by atoms with Crippen molar-refractivity contribution >= 4 is 11.7 Å². The Kier molecular flexibility index (Phi) is 5.00. The number of nitrogen functional groups attached to an aromatic ring is 1. The second-order valence-corrected chi connectivity index (χ2v) is 4.91. The normalized spacial score (nSPS) is 12.7. The van der Waals surface area contributed by atoms with E-state index in [4.69, 9.17) is 5.73 Å². The number of nitrogens with one attached hydrogen (secondary N) is 2. The van der Waals surface area contributed by atoms with Gasteiger partial charge in [0, 0.05) is 12.1 Å². The van der Waals surface area contributed by atoms with Crippen molar-refractivity contribution in [2.75, 3.05) is 5.73 Å².